The van der Waals surface area contributed by atoms with Crippen LogP contribution in [0.5, 0.6) is 0 Å². The summed E-state index contributed by atoms with van der Waals surface area (Å²) in [7, 11) is 0. The van der Waals surface area contributed by atoms with Gasteiger partial charge in [-0.05, 0) is 50.2 Å². The molecule has 0 fully saturated rings. The molecule has 124 valence electrons. The fourth-order valence-corrected chi connectivity index (χ4v) is 3.90. The number of nitrogens with zero attached hydrogens (tertiary/aromatic N) is 1. The average molecular weight is 360 g/mol. The summed E-state index contributed by atoms with van der Waals surface area (Å²) in [6.07, 6.45) is 0. The van der Waals surface area contributed by atoms with Crippen molar-refractivity contribution in [2.75, 3.05) is 11.9 Å². The van der Waals surface area contributed by atoms with Crippen molar-refractivity contribution >= 4 is 40.0 Å². The molecule has 0 aliphatic heterocycles. The molecule has 1 heterocycles. The molecule has 0 aliphatic rings. The maximum Gasteiger partial charge on any atom is 0.348 e. The summed E-state index contributed by atoms with van der Waals surface area (Å²) in [5.74, 6) is -0.731. The number of carbonyl (C=O) groups excluding carboxylic acids is 2. The second-order valence-corrected chi connectivity index (χ2v) is 6.77. The second kappa shape index (κ2) is 7.99. The van der Waals surface area contributed by atoms with Crippen LogP contribution in [0, 0.1) is 24.5 Å². The maximum absolute atomic E-state index is 12.4. The Kier molecular flexibility index (Phi) is 6.01. The summed E-state index contributed by atoms with van der Waals surface area (Å²) >= 11 is 2.04. The van der Waals surface area contributed by atoms with Crippen LogP contribution in [0.25, 0.3) is 0 Å². The van der Waals surface area contributed by atoms with E-state index < -0.39 is 5.97 Å². The fourth-order valence-electron chi connectivity index (χ4n) is 2.10. The van der Waals surface area contributed by atoms with Crippen LogP contribution < -0.4 is 5.32 Å². The molecule has 2 rings (SSSR count). The number of thiocyanates is 1. The Balaban J connectivity index is 2.35. The predicted octanol–water partition coefficient (Wildman–Crippen LogP) is 4.37. The Bertz CT molecular complexity index is 822. The molecule has 5 nitrogen and oxygen atoms in total. The summed E-state index contributed by atoms with van der Waals surface area (Å²) in [6.45, 7) is 5.64. The Morgan fingerprint density at radius 2 is 2.12 bits per heavy atom. The number of nitriles is 1. The molecule has 1 aromatic carbocycles. The van der Waals surface area contributed by atoms with Crippen LogP contribution in [0.15, 0.2) is 29.2 Å². The number of amides is 1. The number of hydrogen-bond acceptors (Lipinski definition) is 6. The summed E-state index contributed by atoms with van der Waals surface area (Å²) in [5.41, 5.74) is 2.14. The van der Waals surface area contributed by atoms with Crippen molar-refractivity contribution in [2.24, 2.45) is 0 Å². The van der Waals surface area contributed by atoms with Gasteiger partial charge < -0.3 is 10.1 Å². The minimum absolute atomic E-state index is 0.266. The van der Waals surface area contributed by atoms with Crippen LogP contribution in [-0.2, 0) is 4.74 Å². The highest BCUT2D eigenvalue weighted by Gasteiger charge is 2.23. The van der Waals surface area contributed by atoms with E-state index in [9.17, 15) is 9.59 Å². The number of ether oxygens (including phenoxy) is 1. The number of benzene rings is 1. The molecule has 0 saturated heterocycles. The van der Waals surface area contributed by atoms with Crippen LogP contribution in [0.4, 0.5) is 5.00 Å². The number of nitrogens with one attached hydrogen (secondary N) is 1. The van der Waals surface area contributed by atoms with Gasteiger partial charge in [-0.15, -0.1) is 11.3 Å². The van der Waals surface area contributed by atoms with Crippen molar-refractivity contribution in [2.45, 2.75) is 25.7 Å². The third-order valence-electron chi connectivity index (χ3n) is 3.21. The van der Waals surface area contributed by atoms with E-state index in [1.807, 2.05) is 18.4 Å². The van der Waals surface area contributed by atoms with Crippen LogP contribution in [0.3, 0.4) is 0 Å². The molecule has 2 aromatic rings. The lowest BCUT2D eigenvalue weighted by molar-refractivity contribution is 0.0531. The van der Waals surface area contributed by atoms with Crippen LogP contribution >= 0.6 is 23.1 Å². The first kappa shape index (κ1) is 18.0. The van der Waals surface area contributed by atoms with Crippen molar-refractivity contribution in [3.05, 3.63) is 45.8 Å². The van der Waals surface area contributed by atoms with Gasteiger partial charge in [-0.3, -0.25) is 4.79 Å². The average Bonchev–Trinajstić information content (AvgIpc) is 2.85. The van der Waals surface area contributed by atoms with E-state index in [4.69, 9.17) is 10.00 Å². The second-order valence-electron chi connectivity index (χ2n) is 4.95. The van der Waals surface area contributed by atoms with Gasteiger partial charge in [0.05, 0.1) is 11.5 Å². The van der Waals surface area contributed by atoms with Crippen molar-refractivity contribution in [3.8, 4) is 5.40 Å². The van der Waals surface area contributed by atoms with E-state index in [2.05, 4.69) is 5.32 Å². The van der Waals surface area contributed by atoms with Crippen molar-refractivity contribution in [3.63, 3.8) is 0 Å². The lowest BCUT2D eigenvalue weighted by Gasteiger charge is -2.05. The minimum Gasteiger partial charge on any atom is -0.462 e. The van der Waals surface area contributed by atoms with Crippen molar-refractivity contribution in [1.82, 2.24) is 0 Å². The van der Waals surface area contributed by atoms with Gasteiger partial charge >= 0.3 is 5.97 Å². The molecule has 0 spiro atoms. The van der Waals surface area contributed by atoms with Crippen LogP contribution in [0.1, 0.15) is 38.1 Å². The zero-order chi connectivity index (χ0) is 17.7. The molecule has 1 N–H and O–H groups in total. The molecule has 1 aromatic heterocycles. The number of anilines is 1. The normalized spacial score (nSPS) is 10.1. The standard InChI is InChI=1S/C17H16N2O3S2/c1-4-22-17(21)14-11(3)13(23-9-18)16(24-14)19-15(20)12-7-5-6-10(2)8-12/h5-8H,4H2,1-3H3,(H,19,20). The Labute approximate surface area is 148 Å². The van der Waals surface area contributed by atoms with E-state index in [-0.39, 0.29) is 12.5 Å². The third kappa shape index (κ3) is 3.96. The highest BCUT2D eigenvalue weighted by molar-refractivity contribution is 8.04. The fraction of sp³-hybridized carbons (Fsp3) is 0.235. The van der Waals surface area contributed by atoms with Gasteiger partial charge in [-0.25, -0.2) is 4.79 Å². The number of carbonyl (C=O) groups is 2. The number of hydrogen-bond donors (Lipinski definition) is 1. The SMILES string of the molecule is CCOC(=O)c1sc(NC(=O)c2cccc(C)c2)c(SC#N)c1C. The highest BCUT2D eigenvalue weighted by atomic mass is 32.2. The van der Waals surface area contributed by atoms with E-state index in [0.29, 0.717) is 25.9 Å². The van der Waals surface area contributed by atoms with E-state index in [1.54, 1.807) is 32.0 Å². The summed E-state index contributed by atoms with van der Waals surface area (Å²) in [6, 6.07) is 7.20. The van der Waals surface area contributed by atoms with E-state index in [0.717, 1.165) is 28.7 Å². The molecule has 1 amide bonds. The Morgan fingerprint density at radius 3 is 2.75 bits per heavy atom. The zero-order valence-corrected chi connectivity index (χ0v) is 15.1. The van der Waals surface area contributed by atoms with Gasteiger partial charge in [0.2, 0.25) is 0 Å². The Hall–Kier alpha value is -2.30. The van der Waals surface area contributed by atoms with Gasteiger partial charge in [-0.2, -0.15) is 5.26 Å². The molecule has 0 aliphatic carbocycles. The molecule has 0 atom stereocenters. The van der Waals surface area contributed by atoms with Gasteiger partial charge in [-0.1, -0.05) is 17.7 Å². The molecule has 7 heteroatoms. The van der Waals surface area contributed by atoms with E-state index >= 15 is 0 Å². The van der Waals surface area contributed by atoms with Crippen LogP contribution in [0.2, 0.25) is 0 Å². The zero-order valence-electron chi connectivity index (χ0n) is 13.5. The molecule has 24 heavy (non-hydrogen) atoms. The first-order chi connectivity index (χ1) is 11.5. The predicted molar refractivity (Wildman–Crippen MR) is 95.6 cm³/mol. The topological polar surface area (TPSA) is 79.2 Å². The monoisotopic (exact) mass is 360 g/mol. The summed E-state index contributed by atoms with van der Waals surface area (Å²) in [4.78, 5) is 25.4. The molecule has 0 radical (unpaired) electrons. The van der Waals surface area contributed by atoms with Gasteiger partial charge in [0.1, 0.15) is 15.3 Å². The molecule has 0 saturated carbocycles. The molecular formula is C17H16N2O3S2. The summed E-state index contributed by atoms with van der Waals surface area (Å²) < 4.78 is 5.03. The van der Waals surface area contributed by atoms with Crippen molar-refractivity contribution < 1.29 is 14.3 Å². The first-order valence-corrected chi connectivity index (χ1v) is 8.85. The molecule has 0 bridgehead atoms. The smallest absolute Gasteiger partial charge is 0.348 e. The Morgan fingerprint density at radius 1 is 1.38 bits per heavy atom. The minimum atomic E-state index is -0.448. The maximum atomic E-state index is 12.4. The number of thioether (sulfide) groups is 1. The van der Waals surface area contributed by atoms with Gasteiger partial charge in [0.25, 0.3) is 5.91 Å². The molecule has 0 unspecified atom stereocenters. The first-order valence-electron chi connectivity index (χ1n) is 7.22. The number of rotatable bonds is 5. The number of esters is 1. The van der Waals surface area contributed by atoms with Crippen LogP contribution in [-0.4, -0.2) is 18.5 Å². The van der Waals surface area contributed by atoms with E-state index in [1.165, 1.54) is 0 Å². The quantitative estimate of drug-likeness (QED) is 0.487. The number of thiophene rings is 1. The van der Waals surface area contributed by atoms with Gasteiger partial charge in [0.15, 0.2) is 0 Å². The number of aryl methyl sites for hydroxylation is 1. The van der Waals surface area contributed by atoms with Gasteiger partial charge in [0, 0.05) is 5.56 Å². The highest BCUT2D eigenvalue weighted by Crippen LogP contribution is 2.40. The lowest BCUT2D eigenvalue weighted by Crippen LogP contribution is -2.11. The lowest BCUT2D eigenvalue weighted by atomic mass is 10.1. The third-order valence-corrected chi connectivity index (χ3v) is 5.33. The largest absolute Gasteiger partial charge is 0.462 e. The summed E-state index contributed by atoms with van der Waals surface area (Å²) in [5, 5.41) is 14.3. The molecular weight excluding hydrogens is 344 g/mol. The van der Waals surface area contributed by atoms with Crippen molar-refractivity contribution in [1.29, 1.82) is 5.26 Å².